The second-order valence-electron chi connectivity index (χ2n) is 7.14. The average molecular weight is 434 g/mol. The van der Waals surface area contributed by atoms with Gasteiger partial charge in [0.2, 0.25) is 5.95 Å². The zero-order chi connectivity index (χ0) is 22.3. The van der Waals surface area contributed by atoms with Crippen LogP contribution in [0.5, 0.6) is 0 Å². The summed E-state index contributed by atoms with van der Waals surface area (Å²) in [6.45, 7) is 0.988. The van der Waals surface area contributed by atoms with Gasteiger partial charge in [-0.3, -0.25) is 23.9 Å². The Bertz CT molecular complexity index is 1230. The molecule has 4 rings (SSSR count). The van der Waals surface area contributed by atoms with Crippen molar-refractivity contribution in [1.29, 1.82) is 0 Å². The lowest BCUT2D eigenvalue weighted by molar-refractivity contribution is -0.0312. The van der Waals surface area contributed by atoms with E-state index in [0.717, 1.165) is 0 Å². The summed E-state index contributed by atoms with van der Waals surface area (Å²) in [6.07, 6.45) is -3.45. The topological polar surface area (TPSA) is 210 Å². The first-order valence-electron chi connectivity index (χ1n) is 9.53. The lowest BCUT2D eigenvalue weighted by atomic mass is 10.1. The summed E-state index contributed by atoms with van der Waals surface area (Å²) in [6, 6.07) is 0. The third-order valence-electron chi connectivity index (χ3n) is 5.13. The Morgan fingerprint density at radius 2 is 1.87 bits per heavy atom. The van der Waals surface area contributed by atoms with Gasteiger partial charge in [-0.05, 0) is 7.05 Å². The van der Waals surface area contributed by atoms with Gasteiger partial charge in [0.05, 0.1) is 6.33 Å². The van der Waals surface area contributed by atoms with E-state index in [4.69, 9.17) is 10.5 Å². The molecule has 31 heavy (non-hydrogen) atoms. The number of fused-ring (bicyclic) bond motifs is 1. The van der Waals surface area contributed by atoms with E-state index >= 15 is 0 Å². The van der Waals surface area contributed by atoms with E-state index in [1.165, 1.54) is 10.9 Å². The summed E-state index contributed by atoms with van der Waals surface area (Å²) in [7, 11) is 1.76. The molecule has 0 spiro atoms. The number of nitrogens with one attached hydrogen (secondary N) is 4. The van der Waals surface area contributed by atoms with Crippen LogP contribution in [0.3, 0.4) is 0 Å². The van der Waals surface area contributed by atoms with E-state index in [1.54, 1.807) is 7.05 Å². The maximum absolute atomic E-state index is 11.9. The second-order valence-corrected chi connectivity index (χ2v) is 7.14. The van der Waals surface area contributed by atoms with Gasteiger partial charge in [-0.25, -0.2) is 4.98 Å². The number of hydrogen-bond acceptors (Lipinski definition) is 12. The zero-order valence-electron chi connectivity index (χ0n) is 16.5. The number of nitrogens with two attached hydrogens (primary N) is 1. The van der Waals surface area contributed by atoms with Gasteiger partial charge in [-0.1, -0.05) is 0 Å². The van der Waals surface area contributed by atoms with Gasteiger partial charge in [0.1, 0.15) is 29.7 Å². The fraction of sp³-hybridized carbons (Fsp3) is 0.471. The fourth-order valence-electron chi connectivity index (χ4n) is 3.50. The smallest absolute Gasteiger partial charge is 0.280 e. The van der Waals surface area contributed by atoms with E-state index in [-0.39, 0.29) is 35.0 Å². The molecule has 3 heterocycles. The van der Waals surface area contributed by atoms with Crippen LogP contribution in [0, 0.1) is 0 Å². The molecule has 14 nitrogen and oxygen atoms in total. The summed E-state index contributed by atoms with van der Waals surface area (Å²) >= 11 is 0. The summed E-state index contributed by atoms with van der Waals surface area (Å²) in [5.41, 5.74) is 4.10. The van der Waals surface area contributed by atoms with Crippen molar-refractivity contribution >= 4 is 28.5 Å². The highest BCUT2D eigenvalue weighted by molar-refractivity contribution is 5.74. The third kappa shape index (κ3) is 3.54. The summed E-state index contributed by atoms with van der Waals surface area (Å²) in [4.78, 5) is 45.9. The number of nitrogen functional groups attached to an aromatic ring is 1. The Labute approximate surface area is 173 Å². The Kier molecular flexibility index (Phi) is 5.45. The highest BCUT2D eigenvalue weighted by atomic mass is 16.6. The first-order chi connectivity index (χ1) is 14.8. The number of aromatic nitrogens is 4. The van der Waals surface area contributed by atoms with Crippen LogP contribution in [0.15, 0.2) is 20.7 Å². The lowest BCUT2D eigenvalue weighted by Gasteiger charge is -2.19. The predicted octanol–water partition coefficient (Wildman–Crippen LogP) is -3.34. The van der Waals surface area contributed by atoms with E-state index in [9.17, 15) is 24.6 Å². The molecule has 166 valence electrons. The summed E-state index contributed by atoms with van der Waals surface area (Å²) in [5, 5.41) is 29.5. The van der Waals surface area contributed by atoms with Gasteiger partial charge in [0, 0.05) is 19.6 Å². The Hall–Kier alpha value is -3.33. The lowest BCUT2D eigenvalue weighted by Crippen LogP contribution is -2.41. The van der Waals surface area contributed by atoms with Crippen molar-refractivity contribution < 1.29 is 14.9 Å². The minimum absolute atomic E-state index is 0.00193. The molecule has 8 N–H and O–H groups in total. The number of rotatable bonds is 8. The molecule has 0 unspecified atom stereocenters. The molecule has 14 heteroatoms. The van der Waals surface area contributed by atoms with E-state index in [0.29, 0.717) is 13.1 Å². The highest BCUT2D eigenvalue weighted by Gasteiger charge is 2.44. The van der Waals surface area contributed by atoms with Crippen LogP contribution < -0.4 is 38.1 Å². The number of anilines is 3. The Morgan fingerprint density at radius 3 is 2.58 bits per heavy atom. The molecule has 0 radical (unpaired) electrons. The largest absolute Gasteiger partial charge is 0.387 e. The minimum Gasteiger partial charge on any atom is -0.387 e. The number of nitrogens with zero attached hydrogens (tertiary/aromatic N) is 3. The molecule has 2 aromatic heterocycles. The predicted molar refractivity (Wildman–Crippen MR) is 111 cm³/mol. The quantitative estimate of drug-likeness (QED) is 0.137. The highest BCUT2D eigenvalue weighted by Crippen LogP contribution is 2.31. The molecule has 0 aliphatic carbocycles. The normalized spacial score (nSPS) is 23.6. The van der Waals surface area contributed by atoms with Crippen LogP contribution in [0.4, 0.5) is 17.3 Å². The SMILES string of the molecule is CNCCNc1c(NC[C@H]2O[C@@H](n3cnc4c(=O)[nH]c(N)nc43)[C@H](O)[C@@H]2O)c(=O)c1=O. The number of aliphatic hydroxyl groups excluding tert-OH is 2. The molecular weight excluding hydrogens is 412 g/mol. The van der Waals surface area contributed by atoms with Crippen LogP contribution in [-0.4, -0.2) is 74.7 Å². The van der Waals surface area contributed by atoms with E-state index in [1.807, 2.05) is 0 Å². The van der Waals surface area contributed by atoms with Crippen LogP contribution >= 0.6 is 0 Å². The van der Waals surface area contributed by atoms with E-state index < -0.39 is 41.0 Å². The molecule has 1 aromatic carbocycles. The number of imidazole rings is 1. The molecule has 1 saturated heterocycles. The summed E-state index contributed by atoms with van der Waals surface area (Å²) in [5.74, 6) is -0.135. The van der Waals surface area contributed by atoms with Crippen molar-refractivity contribution in [3.8, 4) is 0 Å². The maximum Gasteiger partial charge on any atom is 0.280 e. The van der Waals surface area contributed by atoms with Gasteiger partial charge in [0.25, 0.3) is 16.4 Å². The fourth-order valence-corrected chi connectivity index (χ4v) is 3.50. The second kappa shape index (κ2) is 8.07. The van der Waals surface area contributed by atoms with Gasteiger partial charge in [-0.15, -0.1) is 0 Å². The molecule has 0 bridgehead atoms. The molecule has 0 amide bonds. The molecule has 1 aliphatic rings. The van der Waals surface area contributed by atoms with Crippen molar-refractivity contribution in [2.75, 3.05) is 43.0 Å². The number of hydrogen-bond donors (Lipinski definition) is 7. The zero-order valence-corrected chi connectivity index (χ0v) is 16.5. The first-order valence-corrected chi connectivity index (χ1v) is 9.53. The minimum atomic E-state index is -1.37. The Balaban J connectivity index is 1.50. The number of ether oxygens (including phenoxy) is 1. The number of aromatic amines is 1. The standard InChI is InChI=1S/C17H22N8O6/c1-19-2-3-20-7-8(12(28)11(7)27)21-4-6-10(26)13(29)16(31-6)25-5-22-9-14(25)23-17(18)24-15(9)30/h5-6,10,13,16,19-21,26,29H,2-4H2,1H3,(H3,18,23,24,30)/t6-,10-,13-,16-/m1/s1. The summed E-state index contributed by atoms with van der Waals surface area (Å²) < 4.78 is 7.05. The van der Waals surface area contributed by atoms with Crippen molar-refractivity contribution in [2.45, 2.75) is 24.5 Å². The molecule has 0 saturated carbocycles. The van der Waals surface area contributed by atoms with Crippen LogP contribution in [0.25, 0.3) is 11.2 Å². The van der Waals surface area contributed by atoms with Gasteiger partial charge in [0.15, 0.2) is 17.4 Å². The van der Waals surface area contributed by atoms with Crippen LogP contribution in [0.2, 0.25) is 0 Å². The molecular formula is C17H22N8O6. The average Bonchev–Trinajstić information content (AvgIpc) is 3.28. The molecule has 3 aromatic rings. The monoisotopic (exact) mass is 434 g/mol. The van der Waals surface area contributed by atoms with Crippen molar-refractivity contribution in [3.05, 3.63) is 37.1 Å². The van der Waals surface area contributed by atoms with Gasteiger partial charge in [-0.2, -0.15) is 4.98 Å². The van der Waals surface area contributed by atoms with Crippen LogP contribution in [0.1, 0.15) is 6.23 Å². The number of H-pyrrole nitrogens is 1. The first kappa shape index (κ1) is 20.9. The number of likely N-dealkylation sites (N-methyl/N-ethyl adjacent to an activating group) is 1. The van der Waals surface area contributed by atoms with Gasteiger partial charge < -0.3 is 36.6 Å². The Morgan fingerprint density at radius 1 is 1.16 bits per heavy atom. The van der Waals surface area contributed by atoms with Gasteiger partial charge >= 0.3 is 0 Å². The van der Waals surface area contributed by atoms with E-state index in [2.05, 4.69) is 30.9 Å². The molecule has 1 aliphatic heterocycles. The van der Waals surface area contributed by atoms with Crippen molar-refractivity contribution in [1.82, 2.24) is 24.8 Å². The third-order valence-corrected chi connectivity index (χ3v) is 5.13. The maximum atomic E-state index is 11.9. The number of aliphatic hydroxyl groups is 2. The van der Waals surface area contributed by atoms with Crippen molar-refractivity contribution in [2.24, 2.45) is 0 Å². The van der Waals surface area contributed by atoms with Crippen molar-refractivity contribution in [3.63, 3.8) is 0 Å². The molecule has 1 fully saturated rings. The molecule has 4 atom stereocenters. The van der Waals surface area contributed by atoms with Crippen LogP contribution in [-0.2, 0) is 4.74 Å².